The van der Waals surface area contributed by atoms with Crippen molar-refractivity contribution in [1.82, 2.24) is 4.90 Å². The summed E-state index contributed by atoms with van der Waals surface area (Å²) in [4.78, 5) is 15.4. The maximum absolute atomic E-state index is 13.1. The summed E-state index contributed by atoms with van der Waals surface area (Å²) in [5.41, 5.74) is 2.99. The average molecular weight is 436 g/mol. The van der Waals surface area contributed by atoms with Crippen LogP contribution in [0.3, 0.4) is 0 Å². The van der Waals surface area contributed by atoms with E-state index >= 15 is 0 Å². The van der Waals surface area contributed by atoms with Crippen LogP contribution < -0.4 is 4.74 Å². The van der Waals surface area contributed by atoms with Gasteiger partial charge in [-0.2, -0.15) is 0 Å². The van der Waals surface area contributed by atoms with Gasteiger partial charge in [-0.3, -0.25) is 9.69 Å². The summed E-state index contributed by atoms with van der Waals surface area (Å²) in [5, 5.41) is 0. The SMILES string of the molecule is O=C1/C(=C\C2=Cc3ccccc3O[C@H]2c2ccccc2)SC(=S)N1C[C@H]1CCCO1. The number of nitrogens with zero attached hydrogens (tertiary/aromatic N) is 1. The van der Waals surface area contributed by atoms with Crippen molar-refractivity contribution in [3.05, 3.63) is 82.3 Å². The lowest BCUT2D eigenvalue weighted by atomic mass is 9.95. The highest BCUT2D eigenvalue weighted by Gasteiger charge is 2.35. The van der Waals surface area contributed by atoms with Crippen molar-refractivity contribution in [3.8, 4) is 5.75 Å². The molecule has 3 aliphatic heterocycles. The highest BCUT2D eigenvalue weighted by molar-refractivity contribution is 8.26. The van der Waals surface area contributed by atoms with Crippen LogP contribution in [0.15, 0.2) is 71.2 Å². The maximum atomic E-state index is 13.1. The van der Waals surface area contributed by atoms with Gasteiger partial charge in [0.05, 0.1) is 17.6 Å². The van der Waals surface area contributed by atoms with E-state index in [-0.39, 0.29) is 18.1 Å². The van der Waals surface area contributed by atoms with Gasteiger partial charge in [-0.05, 0) is 42.2 Å². The number of ether oxygens (including phenoxy) is 2. The monoisotopic (exact) mass is 435 g/mol. The van der Waals surface area contributed by atoms with Gasteiger partial charge in [-0.15, -0.1) is 0 Å². The van der Waals surface area contributed by atoms with Gasteiger partial charge >= 0.3 is 0 Å². The van der Waals surface area contributed by atoms with Crippen molar-refractivity contribution >= 4 is 40.3 Å². The van der Waals surface area contributed by atoms with Crippen LogP contribution in [0.25, 0.3) is 6.08 Å². The molecular formula is C24H21NO3S2. The van der Waals surface area contributed by atoms with Crippen LogP contribution in [0.1, 0.15) is 30.1 Å². The summed E-state index contributed by atoms with van der Waals surface area (Å²) >= 11 is 6.86. The van der Waals surface area contributed by atoms with Gasteiger partial charge in [-0.1, -0.05) is 72.5 Å². The zero-order valence-electron chi connectivity index (χ0n) is 16.3. The van der Waals surface area contributed by atoms with Gasteiger partial charge in [0.15, 0.2) is 0 Å². The molecule has 4 nitrogen and oxygen atoms in total. The van der Waals surface area contributed by atoms with Crippen LogP contribution in [-0.4, -0.2) is 34.4 Å². The highest BCUT2D eigenvalue weighted by atomic mass is 32.2. The van der Waals surface area contributed by atoms with E-state index in [0.717, 1.165) is 41.9 Å². The summed E-state index contributed by atoms with van der Waals surface area (Å²) in [6, 6.07) is 18.0. The number of rotatable bonds is 4. The predicted octanol–water partition coefficient (Wildman–Crippen LogP) is 5.13. The first-order valence-electron chi connectivity index (χ1n) is 10.1. The Morgan fingerprint density at radius 2 is 1.93 bits per heavy atom. The second-order valence-corrected chi connectivity index (χ2v) is 9.19. The number of benzene rings is 2. The van der Waals surface area contributed by atoms with E-state index in [1.165, 1.54) is 11.8 Å². The van der Waals surface area contributed by atoms with Gasteiger partial charge in [-0.25, -0.2) is 0 Å². The maximum Gasteiger partial charge on any atom is 0.266 e. The molecule has 152 valence electrons. The Bertz CT molecular complexity index is 1040. The highest BCUT2D eigenvalue weighted by Crippen LogP contribution is 2.41. The zero-order valence-corrected chi connectivity index (χ0v) is 18.0. The summed E-state index contributed by atoms with van der Waals surface area (Å²) < 4.78 is 12.6. The molecule has 6 heteroatoms. The van der Waals surface area contributed by atoms with Crippen LogP contribution in [0, 0.1) is 0 Å². The minimum atomic E-state index is -0.275. The van der Waals surface area contributed by atoms with Crippen molar-refractivity contribution in [2.24, 2.45) is 0 Å². The minimum Gasteiger partial charge on any atom is -0.480 e. The first-order chi connectivity index (χ1) is 14.7. The molecule has 3 aliphatic rings. The third kappa shape index (κ3) is 3.83. The summed E-state index contributed by atoms with van der Waals surface area (Å²) in [5.74, 6) is 0.793. The Hall–Kier alpha value is -2.41. The van der Waals surface area contributed by atoms with Crippen LogP contribution in [0.2, 0.25) is 0 Å². The molecule has 0 saturated carbocycles. The van der Waals surface area contributed by atoms with E-state index in [1.807, 2.05) is 60.7 Å². The standard InChI is InChI=1S/C24H21NO3S2/c26-23-21(30-24(29)25(23)15-19-10-6-12-27-19)14-18-13-17-9-4-5-11-20(17)28-22(18)16-7-2-1-3-8-16/h1-5,7-9,11,13-14,19,22H,6,10,12,15H2/b21-14+/t19-,22+/m1/s1. The molecule has 0 aliphatic carbocycles. The molecule has 0 bridgehead atoms. The van der Waals surface area contributed by atoms with Crippen LogP contribution in [0.4, 0.5) is 0 Å². The fourth-order valence-corrected chi connectivity index (χ4v) is 5.24. The molecule has 1 amide bonds. The molecular weight excluding hydrogens is 414 g/mol. The Morgan fingerprint density at radius 3 is 2.73 bits per heavy atom. The first-order valence-corrected chi connectivity index (χ1v) is 11.3. The van der Waals surface area contributed by atoms with Crippen LogP contribution >= 0.6 is 24.0 Å². The molecule has 0 aromatic heterocycles. The quantitative estimate of drug-likeness (QED) is 0.492. The topological polar surface area (TPSA) is 38.8 Å². The van der Waals surface area contributed by atoms with Crippen molar-refractivity contribution < 1.29 is 14.3 Å². The summed E-state index contributed by atoms with van der Waals surface area (Å²) in [7, 11) is 0. The minimum absolute atomic E-state index is 0.0490. The third-order valence-corrected chi connectivity index (χ3v) is 6.85. The zero-order chi connectivity index (χ0) is 20.5. The van der Waals surface area contributed by atoms with E-state index in [9.17, 15) is 4.79 Å². The molecule has 3 heterocycles. The molecule has 0 N–H and O–H groups in total. The molecule has 5 rings (SSSR count). The van der Waals surface area contributed by atoms with Gasteiger partial charge in [0.1, 0.15) is 16.2 Å². The lowest BCUT2D eigenvalue weighted by molar-refractivity contribution is -0.123. The number of fused-ring (bicyclic) bond motifs is 1. The molecule has 2 saturated heterocycles. The van der Waals surface area contributed by atoms with E-state index < -0.39 is 0 Å². The molecule has 2 aromatic rings. The normalized spacial score (nSPS) is 24.7. The molecule has 2 atom stereocenters. The van der Waals surface area contributed by atoms with Crippen molar-refractivity contribution in [3.63, 3.8) is 0 Å². The second kappa shape index (κ2) is 8.38. The van der Waals surface area contributed by atoms with Gasteiger partial charge < -0.3 is 9.47 Å². The van der Waals surface area contributed by atoms with Gasteiger partial charge in [0.2, 0.25) is 0 Å². The third-order valence-electron chi connectivity index (χ3n) is 5.47. The van der Waals surface area contributed by atoms with Crippen molar-refractivity contribution in [2.45, 2.75) is 25.0 Å². The largest absolute Gasteiger partial charge is 0.480 e. The number of hydrogen-bond donors (Lipinski definition) is 0. The fourth-order valence-electron chi connectivity index (χ4n) is 3.96. The number of thioether (sulfide) groups is 1. The lowest BCUT2D eigenvalue weighted by Gasteiger charge is -2.26. The lowest BCUT2D eigenvalue weighted by Crippen LogP contribution is -2.35. The number of carbonyl (C=O) groups is 1. The molecule has 0 unspecified atom stereocenters. The number of carbonyl (C=O) groups excluding carboxylic acids is 1. The smallest absolute Gasteiger partial charge is 0.266 e. The van der Waals surface area contributed by atoms with Crippen molar-refractivity contribution in [2.75, 3.05) is 13.2 Å². The van der Waals surface area contributed by atoms with E-state index in [2.05, 4.69) is 6.08 Å². The number of amides is 1. The first kappa shape index (κ1) is 19.5. The number of thiocarbonyl (C=S) groups is 1. The Kier molecular flexibility index (Phi) is 5.46. The van der Waals surface area contributed by atoms with E-state index in [1.54, 1.807) is 4.90 Å². The number of hydrogen-bond acceptors (Lipinski definition) is 5. The molecule has 2 aromatic carbocycles. The molecule has 0 radical (unpaired) electrons. The Balaban J connectivity index is 1.47. The fraction of sp³-hybridized carbons (Fsp3) is 0.250. The van der Waals surface area contributed by atoms with E-state index in [4.69, 9.17) is 21.7 Å². The van der Waals surface area contributed by atoms with Crippen LogP contribution in [0.5, 0.6) is 5.75 Å². The molecule has 30 heavy (non-hydrogen) atoms. The van der Waals surface area contributed by atoms with Crippen molar-refractivity contribution in [1.29, 1.82) is 0 Å². The summed E-state index contributed by atoms with van der Waals surface area (Å²) in [6.45, 7) is 1.29. The predicted molar refractivity (Wildman–Crippen MR) is 123 cm³/mol. The Morgan fingerprint density at radius 1 is 1.13 bits per heavy atom. The summed E-state index contributed by atoms with van der Waals surface area (Å²) in [6.07, 6.45) is 5.85. The van der Waals surface area contributed by atoms with Crippen LogP contribution in [-0.2, 0) is 9.53 Å². The Labute approximate surface area is 185 Å². The number of para-hydroxylation sites is 1. The molecule has 2 fully saturated rings. The second-order valence-electron chi connectivity index (χ2n) is 7.52. The molecule has 0 spiro atoms. The van der Waals surface area contributed by atoms with Gasteiger partial charge in [0.25, 0.3) is 5.91 Å². The van der Waals surface area contributed by atoms with E-state index in [0.29, 0.717) is 15.8 Å². The van der Waals surface area contributed by atoms with Gasteiger partial charge in [0, 0.05) is 12.2 Å². The average Bonchev–Trinajstić information content (AvgIpc) is 3.38.